The lowest BCUT2D eigenvalue weighted by atomic mass is 9.88. The number of hydrogen-bond donors (Lipinski definition) is 1. The van der Waals surface area contributed by atoms with Gasteiger partial charge in [-0.2, -0.15) is 0 Å². The Kier molecular flexibility index (Phi) is 4.03. The molecule has 0 unspecified atom stereocenters. The van der Waals surface area contributed by atoms with Crippen molar-refractivity contribution < 1.29 is 14.3 Å². The second kappa shape index (κ2) is 5.70. The van der Waals surface area contributed by atoms with Gasteiger partial charge in [0.1, 0.15) is 5.60 Å². The van der Waals surface area contributed by atoms with Gasteiger partial charge in [0.05, 0.1) is 25.3 Å². The van der Waals surface area contributed by atoms with Crippen LogP contribution in [-0.2, 0) is 9.47 Å². The molecular weight excluding hydrogens is 302 g/mol. The third kappa shape index (κ3) is 3.52. The van der Waals surface area contributed by atoms with Crippen LogP contribution in [0.2, 0.25) is 0 Å². The fraction of sp³-hybridized carbons (Fsp3) is 0.733. The SMILES string of the molecule is CC(C)(C)OC(=O)N1C[C@H]2C[C@@H](c3cnc(N)s3)C[C@@H](C1)O2. The number of amides is 1. The van der Waals surface area contributed by atoms with Crippen LogP contribution in [0.3, 0.4) is 0 Å². The fourth-order valence-corrected chi connectivity index (χ4v) is 3.92. The molecule has 2 aliphatic heterocycles. The molecule has 1 amide bonds. The van der Waals surface area contributed by atoms with Crippen LogP contribution in [0.5, 0.6) is 0 Å². The lowest BCUT2D eigenvalue weighted by Gasteiger charge is -2.44. The van der Waals surface area contributed by atoms with Gasteiger partial charge in [0.25, 0.3) is 0 Å². The summed E-state index contributed by atoms with van der Waals surface area (Å²) in [7, 11) is 0. The summed E-state index contributed by atoms with van der Waals surface area (Å²) in [5.74, 6) is 0.430. The highest BCUT2D eigenvalue weighted by molar-refractivity contribution is 7.15. The predicted octanol–water partition coefficient (Wildman–Crippen LogP) is 2.61. The second-order valence-corrected chi connectivity index (χ2v) is 8.13. The van der Waals surface area contributed by atoms with Gasteiger partial charge in [0.15, 0.2) is 5.13 Å². The maximum atomic E-state index is 12.2. The summed E-state index contributed by atoms with van der Waals surface area (Å²) in [6.07, 6.45) is 3.56. The highest BCUT2D eigenvalue weighted by atomic mass is 32.1. The van der Waals surface area contributed by atoms with Gasteiger partial charge in [-0.25, -0.2) is 9.78 Å². The summed E-state index contributed by atoms with van der Waals surface area (Å²) in [6.45, 7) is 6.84. The molecule has 2 saturated heterocycles. The molecule has 2 bridgehead atoms. The molecule has 3 atom stereocenters. The molecule has 0 saturated carbocycles. The number of fused-ring (bicyclic) bond motifs is 2. The Bertz CT molecular complexity index is 540. The third-order valence-corrected chi connectivity index (χ3v) is 4.91. The van der Waals surface area contributed by atoms with Crippen molar-refractivity contribution in [1.29, 1.82) is 0 Å². The van der Waals surface area contributed by atoms with Gasteiger partial charge in [-0.05, 0) is 39.5 Å². The van der Waals surface area contributed by atoms with Crippen molar-refractivity contribution in [2.45, 2.75) is 57.3 Å². The standard InChI is InChI=1S/C15H23N3O3S/c1-15(2,3)21-14(19)18-7-10-4-9(5-11(8-18)20-10)12-6-17-13(16)22-12/h6,9-11H,4-5,7-8H2,1-3H3,(H2,16,17)/t9-,10-,11+. The molecule has 2 aliphatic rings. The summed E-state index contributed by atoms with van der Waals surface area (Å²) in [5, 5.41) is 0.613. The van der Waals surface area contributed by atoms with Crippen molar-refractivity contribution in [2.24, 2.45) is 0 Å². The number of hydrogen-bond acceptors (Lipinski definition) is 6. The van der Waals surface area contributed by atoms with E-state index in [0.717, 1.165) is 12.8 Å². The number of thiazole rings is 1. The Hall–Kier alpha value is -1.34. The highest BCUT2D eigenvalue weighted by Crippen LogP contribution is 2.39. The van der Waals surface area contributed by atoms with Crippen molar-refractivity contribution in [3.05, 3.63) is 11.1 Å². The molecule has 122 valence electrons. The average molecular weight is 325 g/mol. The first kappa shape index (κ1) is 15.6. The second-order valence-electron chi connectivity index (χ2n) is 7.03. The summed E-state index contributed by atoms with van der Waals surface area (Å²) >= 11 is 1.55. The van der Waals surface area contributed by atoms with E-state index in [1.807, 2.05) is 27.0 Å². The number of anilines is 1. The summed E-state index contributed by atoms with van der Waals surface area (Å²) in [5.41, 5.74) is 5.26. The van der Waals surface area contributed by atoms with Crippen molar-refractivity contribution in [2.75, 3.05) is 18.8 Å². The van der Waals surface area contributed by atoms with Gasteiger partial charge in [-0.15, -0.1) is 11.3 Å². The monoisotopic (exact) mass is 325 g/mol. The van der Waals surface area contributed by atoms with E-state index in [0.29, 0.717) is 24.1 Å². The topological polar surface area (TPSA) is 77.7 Å². The molecular formula is C15H23N3O3S. The molecule has 1 aromatic heterocycles. The van der Waals surface area contributed by atoms with E-state index >= 15 is 0 Å². The molecule has 2 N–H and O–H groups in total. The first-order valence-electron chi connectivity index (χ1n) is 7.65. The molecule has 3 rings (SSSR count). The van der Waals surface area contributed by atoms with Gasteiger partial charge in [0.2, 0.25) is 0 Å². The van der Waals surface area contributed by atoms with E-state index < -0.39 is 5.60 Å². The first-order chi connectivity index (χ1) is 10.3. The Morgan fingerprint density at radius 1 is 1.41 bits per heavy atom. The van der Waals surface area contributed by atoms with Crippen LogP contribution in [0.15, 0.2) is 6.20 Å². The molecule has 0 aliphatic carbocycles. The molecule has 22 heavy (non-hydrogen) atoms. The zero-order valence-corrected chi connectivity index (χ0v) is 14.1. The summed E-state index contributed by atoms with van der Waals surface area (Å²) < 4.78 is 11.5. The number of likely N-dealkylation sites (tertiary alicyclic amines) is 1. The Morgan fingerprint density at radius 2 is 2.05 bits per heavy atom. The number of nitrogens with two attached hydrogens (primary N) is 1. The first-order valence-corrected chi connectivity index (χ1v) is 8.46. The predicted molar refractivity (Wildman–Crippen MR) is 85.0 cm³/mol. The van der Waals surface area contributed by atoms with E-state index in [-0.39, 0.29) is 18.3 Å². The Labute approximate surface area is 134 Å². The highest BCUT2D eigenvalue weighted by Gasteiger charge is 2.39. The van der Waals surface area contributed by atoms with Crippen molar-refractivity contribution in [1.82, 2.24) is 9.88 Å². The van der Waals surface area contributed by atoms with Gasteiger partial charge in [-0.3, -0.25) is 0 Å². The molecule has 0 radical (unpaired) electrons. The minimum absolute atomic E-state index is 0.0633. The maximum Gasteiger partial charge on any atom is 0.410 e. The number of carbonyl (C=O) groups is 1. The number of carbonyl (C=O) groups excluding carboxylic acids is 1. The average Bonchev–Trinajstić information content (AvgIpc) is 2.82. The number of morpholine rings is 1. The van der Waals surface area contributed by atoms with Gasteiger partial charge in [-0.1, -0.05) is 0 Å². The number of nitrogens with zero attached hydrogens (tertiary/aromatic N) is 2. The van der Waals surface area contributed by atoms with E-state index in [4.69, 9.17) is 15.2 Å². The van der Waals surface area contributed by atoms with Gasteiger partial charge in [0, 0.05) is 11.1 Å². The van der Waals surface area contributed by atoms with Gasteiger partial charge < -0.3 is 20.1 Å². The lowest BCUT2D eigenvalue weighted by molar-refractivity contribution is -0.118. The number of aromatic nitrogens is 1. The minimum Gasteiger partial charge on any atom is -0.444 e. The van der Waals surface area contributed by atoms with Crippen LogP contribution in [-0.4, -0.2) is 46.9 Å². The van der Waals surface area contributed by atoms with Crippen molar-refractivity contribution in [3.63, 3.8) is 0 Å². The molecule has 0 spiro atoms. The Morgan fingerprint density at radius 3 is 2.55 bits per heavy atom. The summed E-state index contributed by atoms with van der Waals surface area (Å²) in [6, 6.07) is 0. The zero-order chi connectivity index (χ0) is 15.9. The molecule has 2 fully saturated rings. The van der Waals surface area contributed by atoms with E-state index in [1.54, 1.807) is 16.2 Å². The van der Waals surface area contributed by atoms with Crippen LogP contribution in [0.1, 0.15) is 44.4 Å². The van der Waals surface area contributed by atoms with Crippen LogP contribution >= 0.6 is 11.3 Å². The van der Waals surface area contributed by atoms with Crippen LogP contribution in [0, 0.1) is 0 Å². The maximum absolute atomic E-state index is 12.2. The lowest BCUT2D eigenvalue weighted by Crippen LogP contribution is -2.54. The van der Waals surface area contributed by atoms with Crippen molar-refractivity contribution in [3.8, 4) is 0 Å². The molecule has 6 nitrogen and oxygen atoms in total. The third-order valence-electron chi connectivity index (χ3n) is 3.92. The van der Waals surface area contributed by atoms with E-state index in [9.17, 15) is 4.79 Å². The fourth-order valence-electron chi connectivity index (χ4n) is 3.11. The van der Waals surface area contributed by atoms with Crippen LogP contribution in [0.25, 0.3) is 0 Å². The van der Waals surface area contributed by atoms with E-state index in [1.165, 1.54) is 4.88 Å². The molecule has 7 heteroatoms. The van der Waals surface area contributed by atoms with Crippen LogP contribution < -0.4 is 5.73 Å². The number of rotatable bonds is 1. The molecule has 1 aromatic rings. The minimum atomic E-state index is -0.465. The smallest absolute Gasteiger partial charge is 0.410 e. The van der Waals surface area contributed by atoms with Crippen LogP contribution in [0.4, 0.5) is 9.93 Å². The summed E-state index contributed by atoms with van der Waals surface area (Å²) in [4.78, 5) is 19.4. The molecule has 3 heterocycles. The van der Waals surface area contributed by atoms with Gasteiger partial charge >= 0.3 is 6.09 Å². The zero-order valence-electron chi connectivity index (χ0n) is 13.2. The number of nitrogen functional groups attached to an aromatic ring is 1. The number of ether oxygens (including phenoxy) is 2. The van der Waals surface area contributed by atoms with Crippen molar-refractivity contribution >= 4 is 22.6 Å². The normalized spacial score (nSPS) is 28.5. The van der Waals surface area contributed by atoms with E-state index in [2.05, 4.69) is 4.98 Å². The largest absolute Gasteiger partial charge is 0.444 e. The quantitative estimate of drug-likeness (QED) is 0.859. The molecule has 0 aromatic carbocycles. The Balaban J connectivity index is 1.63.